The maximum atomic E-state index is 11.5. The minimum absolute atomic E-state index is 0.0707. The van der Waals surface area contributed by atoms with Crippen LogP contribution >= 0.6 is 0 Å². The molecule has 14 heavy (non-hydrogen) atoms. The van der Waals surface area contributed by atoms with Crippen LogP contribution in [0.25, 0.3) is 0 Å². The van der Waals surface area contributed by atoms with Crippen molar-refractivity contribution in [1.82, 2.24) is 0 Å². The van der Waals surface area contributed by atoms with E-state index in [0.717, 1.165) is 0 Å². The molecule has 0 radical (unpaired) electrons. The van der Waals surface area contributed by atoms with Crippen LogP contribution in [-0.4, -0.2) is 29.1 Å². The van der Waals surface area contributed by atoms with Gasteiger partial charge in [-0.3, -0.25) is 4.79 Å². The molecule has 0 spiro atoms. The largest absolute Gasteiger partial charge is 0.464 e. The standard InChI is InChI=1S/C10H16O4/c1-3-14-9(12)10(13)6-8(11)5-4-7(10)2/h7,13H,3-6H2,1-2H3/t7-,10+/m1/s1. The summed E-state index contributed by atoms with van der Waals surface area (Å²) in [4.78, 5) is 22.6. The second kappa shape index (κ2) is 4.09. The van der Waals surface area contributed by atoms with Crippen LogP contribution in [0.3, 0.4) is 0 Å². The van der Waals surface area contributed by atoms with Crippen molar-refractivity contribution in [3.05, 3.63) is 0 Å². The Balaban J connectivity index is 2.77. The number of carbonyl (C=O) groups excluding carboxylic acids is 2. The lowest BCUT2D eigenvalue weighted by atomic mass is 9.76. The number of Topliss-reactive ketones (excluding diaryl/α,β-unsaturated/α-hetero) is 1. The molecule has 2 atom stereocenters. The molecule has 1 rings (SSSR count). The minimum Gasteiger partial charge on any atom is -0.464 e. The third-order valence-electron chi connectivity index (χ3n) is 2.77. The molecule has 1 aliphatic carbocycles. The summed E-state index contributed by atoms with van der Waals surface area (Å²) >= 11 is 0. The van der Waals surface area contributed by atoms with Gasteiger partial charge in [-0.2, -0.15) is 0 Å². The molecule has 0 bridgehead atoms. The topological polar surface area (TPSA) is 63.6 Å². The second-order valence-corrected chi connectivity index (χ2v) is 3.80. The molecule has 1 aliphatic rings. The van der Waals surface area contributed by atoms with E-state index in [1.54, 1.807) is 13.8 Å². The maximum absolute atomic E-state index is 11.5. The molecule has 0 unspecified atom stereocenters. The molecule has 0 heterocycles. The van der Waals surface area contributed by atoms with Gasteiger partial charge in [0.25, 0.3) is 0 Å². The normalized spacial score (nSPS) is 32.8. The molecule has 0 aliphatic heterocycles. The van der Waals surface area contributed by atoms with Crippen LogP contribution in [0.1, 0.15) is 33.1 Å². The highest BCUT2D eigenvalue weighted by Crippen LogP contribution is 2.32. The SMILES string of the molecule is CCOC(=O)[C@]1(O)CC(=O)CC[C@H]1C. The first-order valence-electron chi connectivity index (χ1n) is 4.92. The van der Waals surface area contributed by atoms with Gasteiger partial charge in [-0.05, 0) is 19.3 Å². The Kier molecular flexibility index (Phi) is 3.26. The van der Waals surface area contributed by atoms with Gasteiger partial charge >= 0.3 is 5.97 Å². The molecule has 4 nitrogen and oxygen atoms in total. The summed E-state index contributed by atoms with van der Waals surface area (Å²) in [5.41, 5.74) is -1.59. The van der Waals surface area contributed by atoms with E-state index in [4.69, 9.17) is 4.74 Å². The highest BCUT2D eigenvalue weighted by molar-refractivity contribution is 5.90. The Morgan fingerprint density at radius 2 is 2.36 bits per heavy atom. The molecule has 0 aromatic heterocycles. The fraction of sp³-hybridized carbons (Fsp3) is 0.800. The van der Waals surface area contributed by atoms with E-state index in [-0.39, 0.29) is 24.7 Å². The first-order valence-corrected chi connectivity index (χ1v) is 4.92. The zero-order valence-electron chi connectivity index (χ0n) is 8.58. The molecule has 0 aromatic rings. The third kappa shape index (κ3) is 1.95. The van der Waals surface area contributed by atoms with E-state index in [2.05, 4.69) is 0 Å². The number of esters is 1. The number of aliphatic hydroxyl groups is 1. The molecule has 4 heteroatoms. The summed E-state index contributed by atoms with van der Waals surface area (Å²) < 4.78 is 4.76. The number of hydrogen-bond acceptors (Lipinski definition) is 4. The first kappa shape index (κ1) is 11.2. The Bertz CT molecular complexity index is 249. The van der Waals surface area contributed by atoms with Gasteiger partial charge < -0.3 is 9.84 Å². The Hall–Kier alpha value is -0.900. The third-order valence-corrected chi connectivity index (χ3v) is 2.77. The Morgan fingerprint density at radius 1 is 1.71 bits per heavy atom. The lowest BCUT2D eigenvalue weighted by Crippen LogP contribution is -2.50. The lowest BCUT2D eigenvalue weighted by Gasteiger charge is -2.34. The van der Waals surface area contributed by atoms with Crippen LogP contribution in [0.2, 0.25) is 0 Å². The van der Waals surface area contributed by atoms with Crippen LogP contribution in [-0.2, 0) is 14.3 Å². The van der Waals surface area contributed by atoms with Crippen LogP contribution in [0, 0.1) is 5.92 Å². The maximum Gasteiger partial charge on any atom is 0.338 e. The first-order chi connectivity index (χ1) is 6.50. The number of hydrogen-bond donors (Lipinski definition) is 1. The van der Waals surface area contributed by atoms with E-state index in [0.29, 0.717) is 12.8 Å². The number of carbonyl (C=O) groups is 2. The van der Waals surface area contributed by atoms with Crippen molar-refractivity contribution in [3.63, 3.8) is 0 Å². The van der Waals surface area contributed by atoms with E-state index < -0.39 is 11.6 Å². The van der Waals surface area contributed by atoms with Crippen LogP contribution in [0.5, 0.6) is 0 Å². The molecular weight excluding hydrogens is 184 g/mol. The molecule has 1 N–H and O–H groups in total. The molecule has 1 fully saturated rings. The van der Waals surface area contributed by atoms with E-state index >= 15 is 0 Å². The second-order valence-electron chi connectivity index (χ2n) is 3.80. The molecule has 1 saturated carbocycles. The van der Waals surface area contributed by atoms with Crippen molar-refractivity contribution in [2.75, 3.05) is 6.61 Å². The van der Waals surface area contributed by atoms with Gasteiger partial charge in [0.15, 0.2) is 5.60 Å². The van der Waals surface area contributed by atoms with E-state index in [1.165, 1.54) is 0 Å². The van der Waals surface area contributed by atoms with Gasteiger partial charge in [0, 0.05) is 12.8 Å². The zero-order chi connectivity index (χ0) is 10.8. The average molecular weight is 200 g/mol. The number of ketones is 1. The quantitative estimate of drug-likeness (QED) is 0.665. The van der Waals surface area contributed by atoms with E-state index in [1.807, 2.05) is 0 Å². The molecule has 0 amide bonds. The van der Waals surface area contributed by atoms with Crippen molar-refractivity contribution >= 4 is 11.8 Å². The van der Waals surface area contributed by atoms with Gasteiger partial charge in [-0.1, -0.05) is 6.92 Å². The molecule has 0 saturated heterocycles. The zero-order valence-corrected chi connectivity index (χ0v) is 8.58. The predicted molar refractivity (Wildman–Crippen MR) is 49.6 cm³/mol. The van der Waals surface area contributed by atoms with Crippen molar-refractivity contribution in [2.24, 2.45) is 5.92 Å². The smallest absolute Gasteiger partial charge is 0.338 e. The fourth-order valence-electron chi connectivity index (χ4n) is 1.71. The van der Waals surface area contributed by atoms with Gasteiger partial charge in [-0.15, -0.1) is 0 Å². The number of rotatable bonds is 2. The van der Waals surface area contributed by atoms with Crippen molar-refractivity contribution in [2.45, 2.75) is 38.7 Å². The van der Waals surface area contributed by atoms with Gasteiger partial charge in [0.05, 0.1) is 6.61 Å². The van der Waals surface area contributed by atoms with Crippen LogP contribution < -0.4 is 0 Å². The monoisotopic (exact) mass is 200 g/mol. The summed E-state index contributed by atoms with van der Waals surface area (Å²) in [6, 6.07) is 0. The van der Waals surface area contributed by atoms with Crippen molar-refractivity contribution in [3.8, 4) is 0 Å². The van der Waals surface area contributed by atoms with Gasteiger partial charge in [-0.25, -0.2) is 4.79 Å². The number of ether oxygens (including phenoxy) is 1. The summed E-state index contributed by atoms with van der Waals surface area (Å²) in [7, 11) is 0. The average Bonchev–Trinajstić information content (AvgIpc) is 2.12. The van der Waals surface area contributed by atoms with Gasteiger partial charge in [0.1, 0.15) is 5.78 Å². The minimum atomic E-state index is -1.59. The molecule has 0 aromatic carbocycles. The molecule has 80 valence electrons. The van der Waals surface area contributed by atoms with Gasteiger partial charge in [0.2, 0.25) is 0 Å². The predicted octanol–water partition coefficient (Wildman–Crippen LogP) is 0.670. The highest BCUT2D eigenvalue weighted by Gasteiger charge is 2.47. The Labute approximate surface area is 83.2 Å². The summed E-state index contributed by atoms with van der Waals surface area (Å²) in [5, 5.41) is 10.0. The van der Waals surface area contributed by atoms with Crippen molar-refractivity contribution in [1.29, 1.82) is 0 Å². The van der Waals surface area contributed by atoms with Crippen molar-refractivity contribution < 1.29 is 19.4 Å². The lowest BCUT2D eigenvalue weighted by molar-refractivity contribution is -0.176. The highest BCUT2D eigenvalue weighted by atomic mass is 16.5. The fourth-order valence-corrected chi connectivity index (χ4v) is 1.71. The molecular formula is C10H16O4. The van der Waals surface area contributed by atoms with E-state index in [9.17, 15) is 14.7 Å². The summed E-state index contributed by atoms with van der Waals surface area (Å²) in [5.74, 6) is -0.946. The van der Waals surface area contributed by atoms with Crippen LogP contribution in [0.4, 0.5) is 0 Å². The summed E-state index contributed by atoms with van der Waals surface area (Å²) in [6.45, 7) is 3.67. The van der Waals surface area contributed by atoms with Crippen LogP contribution in [0.15, 0.2) is 0 Å². The summed E-state index contributed by atoms with van der Waals surface area (Å²) in [6.07, 6.45) is 0.893. The Morgan fingerprint density at radius 3 is 2.93 bits per heavy atom.